The molecule has 2 rings (SSSR count). The second-order valence-corrected chi connectivity index (χ2v) is 3.47. The Labute approximate surface area is 102 Å². The molecule has 0 bridgehead atoms. The Kier molecular flexibility index (Phi) is 3.20. The summed E-state index contributed by atoms with van der Waals surface area (Å²) in [6.07, 6.45) is 3.49. The number of amides is 1. The van der Waals surface area contributed by atoms with Crippen molar-refractivity contribution in [1.29, 1.82) is 5.26 Å². The van der Waals surface area contributed by atoms with E-state index in [1.54, 1.807) is 24.5 Å². The lowest BCUT2D eigenvalue weighted by atomic mass is 10.3. The van der Waals surface area contributed by atoms with Crippen molar-refractivity contribution in [2.24, 2.45) is 0 Å². The topological polar surface area (TPSA) is 104 Å². The molecule has 0 aliphatic heterocycles. The van der Waals surface area contributed by atoms with Gasteiger partial charge in [0.25, 0.3) is 0 Å². The highest BCUT2D eigenvalue weighted by Crippen LogP contribution is 2.06. The van der Waals surface area contributed by atoms with E-state index in [0.29, 0.717) is 11.4 Å². The molecule has 0 fully saturated rings. The van der Waals surface area contributed by atoms with E-state index in [1.807, 2.05) is 6.07 Å². The van der Waals surface area contributed by atoms with Crippen molar-refractivity contribution < 1.29 is 9.90 Å². The number of hydrogen-bond acceptors (Lipinski definition) is 4. The van der Waals surface area contributed by atoms with Crippen LogP contribution in [0, 0.1) is 11.3 Å². The van der Waals surface area contributed by atoms with E-state index in [1.165, 1.54) is 10.9 Å². The SMILES string of the molecule is N#Cc1cnn(-c2ccc(CNC(=O)O)cn2)c1. The van der Waals surface area contributed by atoms with Gasteiger partial charge >= 0.3 is 6.09 Å². The standard InChI is InChI=1S/C11H9N5O2/c12-3-9-6-15-16(7-9)10-2-1-8(4-13-10)5-14-11(17)18/h1-2,4,6-7,14H,5H2,(H,17,18). The second-order valence-electron chi connectivity index (χ2n) is 3.47. The van der Waals surface area contributed by atoms with Crippen molar-refractivity contribution in [1.82, 2.24) is 20.1 Å². The van der Waals surface area contributed by atoms with Gasteiger partial charge in [-0.3, -0.25) is 0 Å². The van der Waals surface area contributed by atoms with Crippen molar-refractivity contribution in [2.45, 2.75) is 6.54 Å². The number of rotatable bonds is 3. The lowest BCUT2D eigenvalue weighted by molar-refractivity contribution is 0.194. The number of nitrogens with zero attached hydrogens (tertiary/aromatic N) is 4. The molecule has 2 aromatic rings. The summed E-state index contributed by atoms with van der Waals surface area (Å²) >= 11 is 0. The summed E-state index contributed by atoms with van der Waals surface area (Å²) in [7, 11) is 0. The molecule has 1 amide bonds. The van der Waals surface area contributed by atoms with Crippen molar-refractivity contribution in [3.63, 3.8) is 0 Å². The van der Waals surface area contributed by atoms with Crippen molar-refractivity contribution in [2.75, 3.05) is 0 Å². The summed E-state index contributed by atoms with van der Waals surface area (Å²) in [5.41, 5.74) is 1.20. The van der Waals surface area contributed by atoms with Gasteiger partial charge in [-0.1, -0.05) is 6.07 Å². The third kappa shape index (κ3) is 2.62. The van der Waals surface area contributed by atoms with E-state index in [-0.39, 0.29) is 6.54 Å². The Balaban J connectivity index is 2.12. The normalized spacial score (nSPS) is 9.72. The lowest BCUT2D eigenvalue weighted by Gasteiger charge is -2.03. The molecule has 7 heteroatoms. The van der Waals surface area contributed by atoms with E-state index in [9.17, 15) is 4.79 Å². The molecule has 0 radical (unpaired) electrons. The number of nitriles is 1. The Morgan fingerprint density at radius 1 is 1.50 bits per heavy atom. The fourth-order valence-corrected chi connectivity index (χ4v) is 1.34. The molecule has 2 N–H and O–H groups in total. The summed E-state index contributed by atoms with van der Waals surface area (Å²) < 4.78 is 1.48. The fraction of sp³-hybridized carbons (Fsp3) is 0.0909. The Morgan fingerprint density at radius 3 is 2.89 bits per heavy atom. The minimum absolute atomic E-state index is 0.200. The first-order chi connectivity index (χ1) is 8.69. The zero-order chi connectivity index (χ0) is 13.0. The van der Waals surface area contributed by atoms with E-state index in [0.717, 1.165) is 5.56 Å². The van der Waals surface area contributed by atoms with Crippen molar-refractivity contribution in [3.05, 3.63) is 41.9 Å². The summed E-state index contributed by atoms with van der Waals surface area (Å²) in [6, 6.07) is 5.42. The molecule has 0 aliphatic rings. The molecule has 0 aromatic carbocycles. The maximum Gasteiger partial charge on any atom is 0.404 e. The van der Waals surface area contributed by atoms with Gasteiger partial charge in [-0.2, -0.15) is 10.4 Å². The zero-order valence-corrected chi connectivity index (χ0v) is 9.24. The van der Waals surface area contributed by atoms with E-state index >= 15 is 0 Å². The number of hydrogen-bond donors (Lipinski definition) is 2. The van der Waals surface area contributed by atoms with Crippen LogP contribution in [0.2, 0.25) is 0 Å². The van der Waals surface area contributed by atoms with Gasteiger partial charge in [0, 0.05) is 12.7 Å². The molecular formula is C11H9N5O2. The number of pyridine rings is 1. The highest BCUT2D eigenvalue weighted by Gasteiger charge is 2.02. The van der Waals surface area contributed by atoms with E-state index in [4.69, 9.17) is 10.4 Å². The van der Waals surface area contributed by atoms with Gasteiger partial charge in [0.05, 0.1) is 18.0 Å². The van der Waals surface area contributed by atoms with E-state index in [2.05, 4.69) is 15.4 Å². The number of aromatic nitrogens is 3. The Bertz CT molecular complexity index is 597. The third-order valence-electron chi connectivity index (χ3n) is 2.20. The second kappa shape index (κ2) is 4.97. The van der Waals surface area contributed by atoms with Crippen LogP contribution in [0.1, 0.15) is 11.1 Å². The summed E-state index contributed by atoms with van der Waals surface area (Å²) in [5, 5.41) is 23.4. The predicted octanol–water partition coefficient (Wildman–Crippen LogP) is 0.907. The minimum atomic E-state index is -1.08. The van der Waals surface area contributed by atoms with Crippen LogP contribution in [-0.4, -0.2) is 26.0 Å². The minimum Gasteiger partial charge on any atom is -0.465 e. The molecule has 0 aliphatic carbocycles. The monoisotopic (exact) mass is 243 g/mol. The van der Waals surface area contributed by atoms with Crippen LogP contribution in [0.3, 0.4) is 0 Å². The van der Waals surface area contributed by atoms with Gasteiger partial charge in [-0.25, -0.2) is 14.5 Å². The lowest BCUT2D eigenvalue weighted by Crippen LogP contribution is -2.20. The molecule has 2 aromatic heterocycles. The molecule has 18 heavy (non-hydrogen) atoms. The Morgan fingerprint density at radius 2 is 2.33 bits per heavy atom. The van der Waals surface area contributed by atoms with Gasteiger partial charge in [0.2, 0.25) is 0 Å². The van der Waals surface area contributed by atoms with Gasteiger partial charge in [-0.15, -0.1) is 0 Å². The van der Waals surface area contributed by atoms with Crippen LogP contribution in [0.5, 0.6) is 0 Å². The molecule has 2 heterocycles. The van der Waals surface area contributed by atoms with Gasteiger partial charge in [0.15, 0.2) is 5.82 Å². The average molecular weight is 243 g/mol. The highest BCUT2D eigenvalue weighted by atomic mass is 16.4. The van der Waals surface area contributed by atoms with Crippen LogP contribution in [0.25, 0.3) is 5.82 Å². The van der Waals surface area contributed by atoms with E-state index < -0.39 is 6.09 Å². The third-order valence-corrected chi connectivity index (χ3v) is 2.20. The quantitative estimate of drug-likeness (QED) is 0.833. The Hall–Kier alpha value is -2.88. The highest BCUT2D eigenvalue weighted by molar-refractivity contribution is 5.64. The molecule has 90 valence electrons. The fourth-order valence-electron chi connectivity index (χ4n) is 1.34. The summed E-state index contributed by atoms with van der Waals surface area (Å²) in [6.45, 7) is 0.200. The molecule has 0 spiro atoms. The molecule has 0 saturated heterocycles. The van der Waals surface area contributed by atoms with Gasteiger partial charge in [0.1, 0.15) is 6.07 Å². The molecule has 0 unspecified atom stereocenters. The van der Waals surface area contributed by atoms with Crippen LogP contribution in [0.4, 0.5) is 4.79 Å². The molecule has 0 saturated carbocycles. The summed E-state index contributed by atoms with van der Waals surface area (Å²) in [5.74, 6) is 0.565. The summed E-state index contributed by atoms with van der Waals surface area (Å²) in [4.78, 5) is 14.5. The molecular weight excluding hydrogens is 234 g/mol. The predicted molar refractivity (Wildman–Crippen MR) is 60.9 cm³/mol. The first-order valence-corrected chi connectivity index (χ1v) is 5.06. The van der Waals surface area contributed by atoms with Crippen molar-refractivity contribution in [3.8, 4) is 11.9 Å². The zero-order valence-electron chi connectivity index (χ0n) is 9.24. The smallest absolute Gasteiger partial charge is 0.404 e. The van der Waals surface area contributed by atoms with Crippen LogP contribution in [0.15, 0.2) is 30.7 Å². The van der Waals surface area contributed by atoms with Crippen LogP contribution in [-0.2, 0) is 6.54 Å². The van der Waals surface area contributed by atoms with Gasteiger partial charge < -0.3 is 10.4 Å². The number of nitrogens with one attached hydrogen (secondary N) is 1. The molecule has 7 nitrogen and oxygen atoms in total. The van der Waals surface area contributed by atoms with Crippen molar-refractivity contribution >= 4 is 6.09 Å². The molecule has 0 atom stereocenters. The maximum atomic E-state index is 10.3. The van der Waals surface area contributed by atoms with Crippen LogP contribution < -0.4 is 5.32 Å². The number of carbonyl (C=O) groups is 1. The number of carboxylic acid groups (broad SMARTS) is 1. The average Bonchev–Trinajstić information content (AvgIpc) is 2.85. The first-order valence-electron chi connectivity index (χ1n) is 5.06. The van der Waals surface area contributed by atoms with Gasteiger partial charge in [-0.05, 0) is 11.6 Å². The maximum absolute atomic E-state index is 10.3. The van der Waals surface area contributed by atoms with Crippen LogP contribution >= 0.6 is 0 Å². The largest absolute Gasteiger partial charge is 0.465 e. The first kappa shape index (κ1) is 11.6.